The van der Waals surface area contributed by atoms with E-state index < -0.39 is 6.10 Å². The van der Waals surface area contributed by atoms with Crippen LogP contribution in [0.1, 0.15) is 23.0 Å². The molecule has 5 heteroatoms. The first-order valence-corrected chi connectivity index (χ1v) is 7.39. The Balaban J connectivity index is 2.15. The molecular formula is C14H10BrFO2S. The van der Waals surface area contributed by atoms with Crippen LogP contribution < -0.4 is 0 Å². The molecule has 2 aromatic heterocycles. The van der Waals surface area contributed by atoms with Crippen LogP contribution >= 0.6 is 27.3 Å². The maximum absolute atomic E-state index is 13.3. The number of hydrogen-bond acceptors (Lipinski definition) is 3. The highest BCUT2D eigenvalue weighted by Gasteiger charge is 2.22. The van der Waals surface area contributed by atoms with Crippen LogP contribution in [0.5, 0.6) is 0 Å². The van der Waals surface area contributed by atoms with Gasteiger partial charge in [0, 0.05) is 26.4 Å². The van der Waals surface area contributed by atoms with Crippen LogP contribution in [0.15, 0.2) is 37.8 Å². The third-order valence-electron chi connectivity index (χ3n) is 3.12. The minimum atomic E-state index is -0.851. The number of thiophene rings is 1. The molecule has 2 heterocycles. The highest BCUT2D eigenvalue weighted by molar-refractivity contribution is 9.10. The second kappa shape index (κ2) is 4.74. The molecule has 19 heavy (non-hydrogen) atoms. The Kier molecular flexibility index (Phi) is 3.20. The van der Waals surface area contributed by atoms with E-state index in [4.69, 9.17) is 4.42 Å². The molecule has 0 aliphatic heterocycles. The van der Waals surface area contributed by atoms with Crippen LogP contribution in [0.4, 0.5) is 4.39 Å². The fourth-order valence-corrected chi connectivity index (χ4v) is 3.63. The van der Waals surface area contributed by atoms with Crippen molar-refractivity contribution in [1.82, 2.24) is 0 Å². The average molecular weight is 341 g/mol. The highest BCUT2D eigenvalue weighted by atomic mass is 79.9. The summed E-state index contributed by atoms with van der Waals surface area (Å²) in [5.74, 6) is 0.147. The topological polar surface area (TPSA) is 33.4 Å². The number of aryl methyl sites for hydroxylation is 1. The Morgan fingerprint density at radius 2 is 2.16 bits per heavy atom. The summed E-state index contributed by atoms with van der Waals surface area (Å²) in [7, 11) is 0. The number of aliphatic hydroxyl groups excluding tert-OH is 1. The number of fused-ring (bicyclic) bond motifs is 1. The molecule has 0 saturated carbocycles. The molecule has 0 aliphatic carbocycles. The molecule has 0 aliphatic rings. The van der Waals surface area contributed by atoms with E-state index in [0.29, 0.717) is 16.7 Å². The van der Waals surface area contributed by atoms with E-state index in [0.717, 1.165) is 15.6 Å². The van der Waals surface area contributed by atoms with Crippen molar-refractivity contribution in [2.45, 2.75) is 13.0 Å². The number of benzene rings is 1. The Hall–Kier alpha value is -1.17. The molecule has 3 rings (SSSR count). The smallest absolute Gasteiger partial charge is 0.141 e. The lowest BCUT2D eigenvalue weighted by Gasteiger charge is -2.07. The lowest BCUT2D eigenvalue weighted by atomic mass is 10.1. The quantitative estimate of drug-likeness (QED) is 0.727. The Labute approximate surface area is 121 Å². The van der Waals surface area contributed by atoms with Gasteiger partial charge in [-0.15, -0.1) is 0 Å². The van der Waals surface area contributed by atoms with Crippen molar-refractivity contribution in [3.8, 4) is 0 Å². The van der Waals surface area contributed by atoms with E-state index in [2.05, 4.69) is 15.9 Å². The molecule has 98 valence electrons. The van der Waals surface area contributed by atoms with Gasteiger partial charge in [0.25, 0.3) is 0 Å². The zero-order valence-electron chi connectivity index (χ0n) is 9.98. The Morgan fingerprint density at radius 3 is 2.84 bits per heavy atom. The maximum atomic E-state index is 13.3. The van der Waals surface area contributed by atoms with Gasteiger partial charge in [-0.05, 0) is 46.4 Å². The summed E-state index contributed by atoms with van der Waals surface area (Å²) in [4.78, 5) is 0. The summed E-state index contributed by atoms with van der Waals surface area (Å²) < 4.78 is 19.8. The Bertz CT molecular complexity index is 747. The summed E-state index contributed by atoms with van der Waals surface area (Å²) in [6.07, 6.45) is -0.851. The van der Waals surface area contributed by atoms with E-state index in [9.17, 15) is 9.50 Å². The highest BCUT2D eigenvalue weighted by Crippen LogP contribution is 2.36. The largest absolute Gasteiger partial charge is 0.458 e. The second-order valence-electron chi connectivity index (χ2n) is 4.31. The zero-order chi connectivity index (χ0) is 13.6. The third kappa shape index (κ3) is 2.12. The Morgan fingerprint density at radius 1 is 1.37 bits per heavy atom. The predicted molar refractivity (Wildman–Crippen MR) is 77.0 cm³/mol. The SMILES string of the molecule is Cc1c(C(O)c2cscc2Br)oc2ccc(F)cc12. The first-order valence-electron chi connectivity index (χ1n) is 5.66. The van der Waals surface area contributed by atoms with Crippen LogP contribution in [0.2, 0.25) is 0 Å². The zero-order valence-corrected chi connectivity index (χ0v) is 12.4. The van der Waals surface area contributed by atoms with Crippen LogP contribution in [-0.2, 0) is 0 Å². The summed E-state index contributed by atoms with van der Waals surface area (Å²) in [6, 6.07) is 4.35. The summed E-state index contributed by atoms with van der Waals surface area (Å²) in [5.41, 5.74) is 2.10. The van der Waals surface area contributed by atoms with Gasteiger partial charge in [-0.1, -0.05) is 0 Å². The molecule has 0 amide bonds. The van der Waals surface area contributed by atoms with Crippen molar-refractivity contribution in [3.63, 3.8) is 0 Å². The van der Waals surface area contributed by atoms with Gasteiger partial charge in [-0.2, -0.15) is 11.3 Å². The van der Waals surface area contributed by atoms with Crippen molar-refractivity contribution < 1.29 is 13.9 Å². The third-order valence-corrected chi connectivity index (χ3v) is 4.87. The molecule has 0 saturated heterocycles. The van der Waals surface area contributed by atoms with Gasteiger partial charge in [-0.25, -0.2) is 4.39 Å². The molecule has 1 aromatic carbocycles. The predicted octanol–water partition coefficient (Wildman–Crippen LogP) is 4.79. The van der Waals surface area contributed by atoms with Crippen molar-refractivity contribution in [3.05, 3.63) is 56.1 Å². The molecule has 0 radical (unpaired) electrons. The van der Waals surface area contributed by atoms with E-state index in [1.165, 1.54) is 23.5 Å². The summed E-state index contributed by atoms with van der Waals surface area (Å²) >= 11 is 4.89. The molecule has 1 N–H and O–H groups in total. The molecular weight excluding hydrogens is 331 g/mol. The van der Waals surface area contributed by atoms with Crippen LogP contribution in [0, 0.1) is 12.7 Å². The van der Waals surface area contributed by atoms with Gasteiger partial charge >= 0.3 is 0 Å². The van der Waals surface area contributed by atoms with E-state index in [1.54, 1.807) is 6.07 Å². The van der Waals surface area contributed by atoms with E-state index in [1.807, 2.05) is 17.7 Å². The molecule has 1 atom stereocenters. The van der Waals surface area contributed by atoms with Gasteiger partial charge in [0.15, 0.2) is 0 Å². The molecule has 0 bridgehead atoms. The number of halogens is 2. The molecule has 2 nitrogen and oxygen atoms in total. The fourth-order valence-electron chi connectivity index (χ4n) is 2.10. The lowest BCUT2D eigenvalue weighted by molar-refractivity contribution is 0.191. The number of aliphatic hydroxyl groups is 1. The van der Waals surface area contributed by atoms with E-state index in [-0.39, 0.29) is 5.82 Å². The summed E-state index contributed by atoms with van der Waals surface area (Å²) in [5, 5.41) is 14.9. The first kappa shape index (κ1) is 12.8. The molecule has 0 fully saturated rings. The molecule has 0 spiro atoms. The standard InChI is InChI=1S/C14H10BrFO2S/c1-7-9-4-8(16)2-3-12(9)18-14(7)13(17)10-5-19-6-11(10)15/h2-6,13,17H,1H3. The second-order valence-corrected chi connectivity index (χ2v) is 5.91. The van der Waals surface area contributed by atoms with Crippen LogP contribution in [0.3, 0.4) is 0 Å². The summed E-state index contributed by atoms with van der Waals surface area (Å²) in [6.45, 7) is 1.82. The van der Waals surface area contributed by atoms with Gasteiger partial charge in [0.2, 0.25) is 0 Å². The molecule has 3 aromatic rings. The lowest BCUT2D eigenvalue weighted by Crippen LogP contribution is -1.98. The fraction of sp³-hybridized carbons (Fsp3) is 0.143. The van der Waals surface area contributed by atoms with Gasteiger partial charge in [-0.3, -0.25) is 0 Å². The van der Waals surface area contributed by atoms with Crippen LogP contribution in [0.25, 0.3) is 11.0 Å². The van der Waals surface area contributed by atoms with Crippen molar-refractivity contribution in [2.75, 3.05) is 0 Å². The van der Waals surface area contributed by atoms with Gasteiger partial charge in [0.1, 0.15) is 23.3 Å². The maximum Gasteiger partial charge on any atom is 0.141 e. The number of furan rings is 1. The minimum Gasteiger partial charge on any atom is -0.458 e. The number of hydrogen-bond donors (Lipinski definition) is 1. The minimum absolute atomic E-state index is 0.311. The molecule has 1 unspecified atom stereocenters. The van der Waals surface area contributed by atoms with Crippen LogP contribution in [-0.4, -0.2) is 5.11 Å². The normalized spacial score (nSPS) is 13.1. The monoisotopic (exact) mass is 340 g/mol. The van der Waals surface area contributed by atoms with Crippen molar-refractivity contribution >= 4 is 38.2 Å². The van der Waals surface area contributed by atoms with Crippen molar-refractivity contribution in [2.24, 2.45) is 0 Å². The number of rotatable bonds is 2. The van der Waals surface area contributed by atoms with E-state index >= 15 is 0 Å². The first-order chi connectivity index (χ1) is 9.08. The van der Waals surface area contributed by atoms with Gasteiger partial charge in [0.05, 0.1) is 0 Å². The average Bonchev–Trinajstić information content (AvgIpc) is 2.94. The van der Waals surface area contributed by atoms with Gasteiger partial charge < -0.3 is 9.52 Å². The van der Waals surface area contributed by atoms with Crippen molar-refractivity contribution in [1.29, 1.82) is 0 Å².